The summed E-state index contributed by atoms with van der Waals surface area (Å²) in [6.07, 6.45) is 2.07. The van der Waals surface area contributed by atoms with E-state index in [0.717, 1.165) is 10.5 Å². The molecular weight excluding hydrogens is 623 g/mol. The number of carbonyl (C=O) groups excluding carboxylic acids is 4. The quantitative estimate of drug-likeness (QED) is 0.301. The zero-order chi connectivity index (χ0) is 28.7. The molecular formula is C29H25BrCl2N2O6. The molecule has 208 valence electrons. The molecule has 2 saturated heterocycles. The number of methoxy groups -OCH3 is 1. The second-order valence-electron chi connectivity index (χ2n) is 10.8. The number of alkyl halides is 2. The molecule has 6 rings (SSSR count). The van der Waals surface area contributed by atoms with Crippen molar-refractivity contribution in [3.8, 4) is 11.5 Å². The highest BCUT2D eigenvalue weighted by molar-refractivity contribution is 9.10. The Labute approximate surface area is 249 Å². The molecule has 1 saturated carbocycles. The number of likely N-dealkylation sites (tertiary alicyclic amines) is 2. The average Bonchev–Trinajstić information content (AvgIpc) is 3.25. The number of phenolic OH excluding ortho intramolecular Hbond substituents is 1. The number of phenols is 1. The zero-order valence-corrected chi connectivity index (χ0v) is 24.7. The maximum absolute atomic E-state index is 13.9. The van der Waals surface area contributed by atoms with Crippen molar-refractivity contribution in [2.24, 2.45) is 17.8 Å². The van der Waals surface area contributed by atoms with Gasteiger partial charge in [-0.25, -0.2) is 0 Å². The van der Waals surface area contributed by atoms with Crippen molar-refractivity contribution in [1.82, 2.24) is 9.80 Å². The Bertz CT molecular complexity index is 1520. The predicted octanol–water partition coefficient (Wildman–Crippen LogP) is 4.35. The van der Waals surface area contributed by atoms with Crippen LogP contribution in [0, 0.1) is 17.8 Å². The monoisotopic (exact) mass is 646 g/mol. The smallest absolute Gasteiger partial charge is 0.253 e. The number of benzene rings is 2. The number of aromatic hydroxyl groups is 1. The van der Waals surface area contributed by atoms with Crippen LogP contribution in [-0.4, -0.2) is 62.4 Å². The lowest BCUT2D eigenvalue weighted by Crippen LogP contribution is -2.60. The van der Waals surface area contributed by atoms with E-state index in [0.29, 0.717) is 15.6 Å². The van der Waals surface area contributed by atoms with Gasteiger partial charge in [0.15, 0.2) is 21.2 Å². The van der Waals surface area contributed by atoms with Gasteiger partial charge in [-0.3, -0.25) is 29.0 Å². The van der Waals surface area contributed by atoms with E-state index in [1.54, 1.807) is 12.1 Å². The molecule has 4 aliphatic rings. The average molecular weight is 648 g/mol. The maximum atomic E-state index is 13.9. The third kappa shape index (κ3) is 3.50. The SMILES string of the molecule is COc1cc(C2C3=CCC4C(=O)N(Cc5ccccc5)C(=O)C4C3CC3(Cl)C(=O)N(C)C(=O)C23Cl)cc(Br)c1O. The summed E-state index contributed by atoms with van der Waals surface area (Å²) in [5.74, 6) is -4.83. The maximum Gasteiger partial charge on any atom is 0.253 e. The van der Waals surface area contributed by atoms with Crippen LogP contribution in [0.1, 0.15) is 29.9 Å². The normalized spacial score (nSPS) is 33.1. The van der Waals surface area contributed by atoms with Gasteiger partial charge in [-0.15, -0.1) is 23.2 Å². The first kappa shape index (κ1) is 27.3. The molecule has 1 N–H and O–H groups in total. The summed E-state index contributed by atoms with van der Waals surface area (Å²) in [4.78, 5) is 53.1. The number of carbonyl (C=O) groups is 4. The summed E-state index contributed by atoms with van der Waals surface area (Å²) in [5, 5.41) is 10.5. The molecule has 40 heavy (non-hydrogen) atoms. The third-order valence-electron chi connectivity index (χ3n) is 8.89. The van der Waals surface area contributed by atoms with Gasteiger partial charge >= 0.3 is 0 Å². The van der Waals surface area contributed by atoms with Gasteiger partial charge in [-0.2, -0.15) is 0 Å². The number of allylic oxidation sites excluding steroid dienone is 2. The first-order valence-corrected chi connectivity index (χ1v) is 14.4. The standard InChI is InChI=1S/C29H25BrCl2N2O6/c1-33-26(38)28(31)12-18-16(22(29(28,32)27(33)39)15-10-19(30)23(35)20(11-15)40-2)8-9-17-21(18)25(37)34(24(17)36)13-14-6-4-3-5-7-14/h3-8,10-11,17-18,21-22,35H,9,12-13H2,1-2H3. The minimum Gasteiger partial charge on any atom is -0.503 e. The van der Waals surface area contributed by atoms with E-state index in [2.05, 4.69) is 15.9 Å². The first-order valence-electron chi connectivity index (χ1n) is 12.8. The summed E-state index contributed by atoms with van der Waals surface area (Å²) in [6.45, 7) is 0.144. The minimum absolute atomic E-state index is 0.0783. The van der Waals surface area contributed by atoms with E-state index in [1.165, 1.54) is 19.1 Å². The first-order chi connectivity index (χ1) is 19.0. The Morgan fingerprint density at radius 3 is 2.42 bits per heavy atom. The van der Waals surface area contributed by atoms with E-state index in [1.807, 2.05) is 36.4 Å². The molecule has 8 nitrogen and oxygen atoms in total. The number of halogens is 3. The van der Waals surface area contributed by atoms with Crippen molar-refractivity contribution in [2.75, 3.05) is 14.2 Å². The molecule has 0 aromatic heterocycles. The summed E-state index contributed by atoms with van der Waals surface area (Å²) < 4.78 is 5.66. The van der Waals surface area contributed by atoms with Crippen LogP contribution in [-0.2, 0) is 25.7 Å². The molecule has 11 heteroatoms. The largest absolute Gasteiger partial charge is 0.503 e. The molecule has 3 fully saturated rings. The summed E-state index contributed by atoms with van der Waals surface area (Å²) in [5.41, 5.74) is 1.97. The van der Waals surface area contributed by atoms with Crippen molar-refractivity contribution < 1.29 is 29.0 Å². The van der Waals surface area contributed by atoms with Gasteiger partial charge in [0.25, 0.3) is 11.8 Å². The molecule has 4 amide bonds. The fourth-order valence-corrected chi connectivity index (χ4v) is 8.50. The van der Waals surface area contributed by atoms with E-state index in [4.69, 9.17) is 27.9 Å². The molecule has 0 bridgehead atoms. The number of ether oxygens (including phenoxy) is 1. The fourth-order valence-electron chi connectivity index (χ4n) is 7.02. The Morgan fingerprint density at radius 1 is 1.05 bits per heavy atom. The molecule has 2 aliphatic heterocycles. The van der Waals surface area contributed by atoms with Crippen LogP contribution >= 0.6 is 39.1 Å². The third-order valence-corrected chi connectivity index (χ3v) is 10.9. The van der Waals surface area contributed by atoms with Crippen LogP contribution in [0.15, 0.2) is 58.6 Å². The van der Waals surface area contributed by atoms with E-state index in [9.17, 15) is 24.3 Å². The van der Waals surface area contributed by atoms with Gasteiger partial charge in [0.05, 0.1) is 30.0 Å². The zero-order valence-electron chi connectivity index (χ0n) is 21.6. The summed E-state index contributed by atoms with van der Waals surface area (Å²) in [6, 6.07) is 12.4. The molecule has 6 unspecified atom stereocenters. The lowest BCUT2D eigenvalue weighted by atomic mass is 9.56. The second kappa shape index (κ2) is 9.33. The van der Waals surface area contributed by atoms with E-state index >= 15 is 0 Å². The molecule has 2 aromatic rings. The number of hydrogen-bond donors (Lipinski definition) is 1. The topological polar surface area (TPSA) is 104 Å². The van der Waals surface area contributed by atoms with Crippen molar-refractivity contribution >= 4 is 62.8 Å². The molecule has 6 atom stereocenters. The highest BCUT2D eigenvalue weighted by atomic mass is 79.9. The second-order valence-corrected chi connectivity index (χ2v) is 12.9. The number of nitrogens with zero attached hydrogens (tertiary/aromatic N) is 2. The Morgan fingerprint density at radius 2 is 1.75 bits per heavy atom. The van der Waals surface area contributed by atoms with Crippen LogP contribution in [0.5, 0.6) is 11.5 Å². The van der Waals surface area contributed by atoms with Crippen molar-refractivity contribution in [2.45, 2.75) is 35.1 Å². The molecule has 0 radical (unpaired) electrons. The molecule has 2 heterocycles. The lowest BCUT2D eigenvalue weighted by molar-refractivity contribution is -0.141. The molecule has 2 aromatic carbocycles. The fraction of sp³-hybridized carbons (Fsp3) is 0.379. The van der Waals surface area contributed by atoms with Gasteiger partial charge in [-0.05, 0) is 57.9 Å². The van der Waals surface area contributed by atoms with Crippen LogP contribution in [0.2, 0.25) is 0 Å². The van der Waals surface area contributed by atoms with Gasteiger partial charge in [0.2, 0.25) is 11.8 Å². The number of imide groups is 2. The molecule has 2 aliphatic carbocycles. The lowest BCUT2D eigenvalue weighted by Gasteiger charge is -2.50. The highest BCUT2D eigenvalue weighted by Crippen LogP contribution is 2.65. The van der Waals surface area contributed by atoms with Crippen molar-refractivity contribution in [3.05, 3.63) is 69.7 Å². The predicted molar refractivity (Wildman–Crippen MR) is 150 cm³/mol. The van der Waals surface area contributed by atoms with Crippen molar-refractivity contribution in [3.63, 3.8) is 0 Å². The van der Waals surface area contributed by atoms with E-state index < -0.39 is 45.2 Å². The van der Waals surface area contributed by atoms with Crippen LogP contribution in [0.4, 0.5) is 0 Å². The van der Waals surface area contributed by atoms with Crippen LogP contribution in [0.25, 0.3) is 0 Å². The van der Waals surface area contributed by atoms with Crippen LogP contribution < -0.4 is 4.74 Å². The number of rotatable bonds is 4. The molecule has 0 spiro atoms. The van der Waals surface area contributed by atoms with Gasteiger partial charge in [0, 0.05) is 13.0 Å². The van der Waals surface area contributed by atoms with Gasteiger partial charge in [-0.1, -0.05) is 42.0 Å². The summed E-state index contributed by atoms with van der Waals surface area (Å²) in [7, 11) is 2.73. The number of amides is 4. The van der Waals surface area contributed by atoms with Gasteiger partial charge in [0.1, 0.15) is 0 Å². The minimum atomic E-state index is -1.91. The summed E-state index contributed by atoms with van der Waals surface area (Å²) >= 11 is 17.7. The van der Waals surface area contributed by atoms with Crippen molar-refractivity contribution in [1.29, 1.82) is 0 Å². The Hall–Kier alpha value is -2.88. The number of hydrogen-bond acceptors (Lipinski definition) is 6. The van der Waals surface area contributed by atoms with Gasteiger partial charge < -0.3 is 9.84 Å². The highest BCUT2D eigenvalue weighted by Gasteiger charge is 2.75. The Kier molecular flexibility index (Phi) is 6.36. The van der Waals surface area contributed by atoms with E-state index in [-0.39, 0.29) is 42.7 Å². The van der Waals surface area contributed by atoms with Crippen LogP contribution in [0.3, 0.4) is 0 Å². The Balaban J connectivity index is 1.50. The number of fused-ring (bicyclic) bond motifs is 4.